The molecule has 1 aromatic heterocycles. The van der Waals surface area contributed by atoms with Crippen LogP contribution in [0.2, 0.25) is 0 Å². The number of amides is 1. The van der Waals surface area contributed by atoms with E-state index in [9.17, 15) is 4.79 Å². The lowest BCUT2D eigenvalue weighted by Gasteiger charge is -2.10. The Morgan fingerprint density at radius 1 is 1.53 bits per heavy atom. The Bertz CT molecular complexity index is 473. The highest BCUT2D eigenvalue weighted by molar-refractivity contribution is 7.18. The number of nitrogens with one attached hydrogen (secondary N) is 2. The first-order valence-corrected chi connectivity index (χ1v) is 7.34. The number of anilines is 2. The summed E-state index contributed by atoms with van der Waals surface area (Å²) in [6, 6.07) is 0.195. The molecule has 1 amide bonds. The molecule has 6 heteroatoms. The number of aromatic nitrogens is 1. The molecule has 0 aliphatic heterocycles. The van der Waals surface area contributed by atoms with E-state index in [0.717, 1.165) is 19.4 Å². The van der Waals surface area contributed by atoms with Crippen LogP contribution < -0.4 is 16.4 Å². The van der Waals surface area contributed by atoms with E-state index < -0.39 is 0 Å². The smallest absolute Gasteiger partial charge is 0.265 e. The quantitative estimate of drug-likeness (QED) is 0.723. The van der Waals surface area contributed by atoms with E-state index in [2.05, 4.69) is 41.6 Å². The van der Waals surface area contributed by atoms with Gasteiger partial charge in [-0.1, -0.05) is 37.3 Å². The van der Waals surface area contributed by atoms with Crippen molar-refractivity contribution in [2.24, 2.45) is 5.92 Å². The van der Waals surface area contributed by atoms with Gasteiger partial charge in [-0.05, 0) is 18.8 Å². The molecular formula is C13H20N4OS. The van der Waals surface area contributed by atoms with Crippen molar-refractivity contribution in [3.8, 4) is 0 Å². The normalized spacial score (nSPS) is 15.1. The van der Waals surface area contributed by atoms with Crippen molar-refractivity contribution in [1.29, 1.82) is 0 Å². The van der Waals surface area contributed by atoms with Gasteiger partial charge in [0.1, 0.15) is 10.7 Å². The molecule has 0 atom stereocenters. The monoisotopic (exact) mass is 280 g/mol. The highest BCUT2D eigenvalue weighted by Crippen LogP contribution is 2.25. The second-order valence-electron chi connectivity index (χ2n) is 5.12. The van der Waals surface area contributed by atoms with E-state index in [1.165, 1.54) is 11.3 Å². The van der Waals surface area contributed by atoms with Gasteiger partial charge in [0.25, 0.3) is 5.91 Å². The van der Waals surface area contributed by atoms with Crippen LogP contribution in [0.4, 0.5) is 10.9 Å². The van der Waals surface area contributed by atoms with Gasteiger partial charge >= 0.3 is 0 Å². The molecule has 0 fully saturated rings. The van der Waals surface area contributed by atoms with Gasteiger partial charge in [0.05, 0.1) is 0 Å². The highest BCUT2D eigenvalue weighted by atomic mass is 32.1. The van der Waals surface area contributed by atoms with Crippen molar-refractivity contribution in [3.63, 3.8) is 0 Å². The predicted molar refractivity (Wildman–Crippen MR) is 79.5 cm³/mol. The molecular weight excluding hydrogens is 260 g/mol. The summed E-state index contributed by atoms with van der Waals surface area (Å²) in [6.07, 6.45) is 5.94. The molecule has 5 nitrogen and oxygen atoms in total. The Balaban J connectivity index is 1.96. The summed E-state index contributed by atoms with van der Waals surface area (Å²) in [6.45, 7) is 5.05. The largest absolute Gasteiger partial charge is 0.382 e. The third-order valence-electron chi connectivity index (χ3n) is 2.86. The van der Waals surface area contributed by atoms with E-state index in [4.69, 9.17) is 5.73 Å². The van der Waals surface area contributed by atoms with Crippen LogP contribution in [-0.2, 0) is 0 Å². The summed E-state index contributed by atoms with van der Waals surface area (Å²) >= 11 is 1.31. The maximum absolute atomic E-state index is 12.1. The van der Waals surface area contributed by atoms with Crippen molar-refractivity contribution in [2.45, 2.75) is 32.7 Å². The van der Waals surface area contributed by atoms with Crippen LogP contribution in [0, 0.1) is 5.92 Å². The van der Waals surface area contributed by atoms with Gasteiger partial charge in [0, 0.05) is 12.6 Å². The number of hydrogen-bond acceptors (Lipinski definition) is 5. The van der Waals surface area contributed by atoms with E-state index in [1.807, 2.05) is 0 Å². The number of nitrogens with two attached hydrogens (primary N) is 1. The SMILES string of the molecule is CC(C)CNc1nc(N)c(C(=O)NC2CC=CC2)s1. The van der Waals surface area contributed by atoms with Crippen LogP contribution in [-0.4, -0.2) is 23.5 Å². The zero-order chi connectivity index (χ0) is 13.8. The minimum atomic E-state index is -0.124. The number of nitrogens with zero attached hydrogens (tertiary/aromatic N) is 1. The van der Waals surface area contributed by atoms with E-state index in [-0.39, 0.29) is 11.9 Å². The predicted octanol–water partition coefficient (Wildman–Crippen LogP) is 2.24. The molecule has 0 unspecified atom stereocenters. The van der Waals surface area contributed by atoms with Gasteiger partial charge in [0.2, 0.25) is 0 Å². The van der Waals surface area contributed by atoms with Gasteiger partial charge in [-0.15, -0.1) is 0 Å². The van der Waals surface area contributed by atoms with Crippen LogP contribution in [0.3, 0.4) is 0 Å². The van der Waals surface area contributed by atoms with Crippen molar-refractivity contribution >= 4 is 28.2 Å². The van der Waals surface area contributed by atoms with Gasteiger partial charge in [0.15, 0.2) is 5.13 Å². The lowest BCUT2D eigenvalue weighted by molar-refractivity contribution is 0.0944. The maximum Gasteiger partial charge on any atom is 0.265 e. The standard InChI is InChI=1S/C13H20N4OS/c1-8(2)7-15-13-17-11(14)10(19-13)12(18)16-9-5-3-4-6-9/h3-4,8-9H,5-7,14H2,1-2H3,(H,15,17)(H,16,18). The molecule has 104 valence electrons. The number of carbonyl (C=O) groups excluding carboxylic acids is 1. The third-order valence-corrected chi connectivity index (χ3v) is 3.89. The molecule has 2 rings (SSSR count). The summed E-state index contributed by atoms with van der Waals surface area (Å²) in [5.74, 6) is 0.702. The minimum absolute atomic E-state index is 0.124. The highest BCUT2D eigenvalue weighted by Gasteiger charge is 2.20. The Labute approximate surface area is 117 Å². The molecule has 1 aliphatic carbocycles. The number of thiazole rings is 1. The summed E-state index contributed by atoms with van der Waals surface area (Å²) in [7, 11) is 0. The molecule has 1 aliphatic rings. The van der Waals surface area contributed by atoms with Crippen molar-refractivity contribution in [2.75, 3.05) is 17.6 Å². The fraction of sp³-hybridized carbons (Fsp3) is 0.538. The first kappa shape index (κ1) is 13.9. The fourth-order valence-corrected chi connectivity index (χ4v) is 2.64. The second-order valence-corrected chi connectivity index (χ2v) is 6.12. The van der Waals surface area contributed by atoms with Crippen LogP contribution in [0.15, 0.2) is 12.2 Å². The van der Waals surface area contributed by atoms with Crippen molar-refractivity contribution in [1.82, 2.24) is 10.3 Å². The minimum Gasteiger partial charge on any atom is -0.382 e. The van der Waals surface area contributed by atoms with Crippen LogP contribution in [0.25, 0.3) is 0 Å². The summed E-state index contributed by atoms with van der Waals surface area (Å²) < 4.78 is 0. The maximum atomic E-state index is 12.1. The molecule has 0 radical (unpaired) electrons. The lowest BCUT2D eigenvalue weighted by atomic mass is 10.2. The average molecular weight is 280 g/mol. The topological polar surface area (TPSA) is 80.0 Å². The molecule has 1 heterocycles. The molecule has 0 bridgehead atoms. The van der Waals surface area contributed by atoms with Crippen LogP contribution >= 0.6 is 11.3 Å². The molecule has 4 N–H and O–H groups in total. The lowest BCUT2D eigenvalue weighted by Crippen LogP contribution is -2.32. The first-order chi connectivity index (χ1) is 9.06. The Kier molecular flexibility index (Phi) is 4.42. The zero-order valence-electron chi connectivity index (χ0n) is 11.3. The number of rotatable bonds is 5. The second kappa shape index (κ2) is 6.06. The van der Waals surface area contributed by atoms with Gasteiger partial charge < -0.3 is 16.4 Å². The number of carbonyl (C=O) groups is 1. The first-order valence-electron chi connectivity index (χ1n) is 6.52. The summed E-state index contributed by atoms with van der Waals surface area (Å²) in [4.78, 5) is 16.8. The Morgan fingerprint density at radius 3 is 2.84 bits per heavy atom. The van der Waals surface area contributed by atoms with Gasteiger partial charge in [-0.2, -0.15) is 0 Å². The van der Waals surface area contributed by atoms with Crippen LogP contribution in [0.5, 0.6) is 0 Å². The van der Waals surface area contributed by atoms with Gasteiger partial charge in [-0.3, -0.25) is 4.79 Å². The van der Waals surface area contributed by atoms with Crippen molar-refractivity contribution < 1.29 is 4.79 Å². The number of hydrogen-bond donors (Lipinski definition) is 3. The number of nitrogen functional groups attached to an aromatic ring is 1. The van der Waals surface area contributed by atoms with Gasteiger partial charge in [-0.25, -0.2) is 4.98 Å². The third kappa shape index (κ3) is 3.70. The molecule has 19 heavy (non-hydrogen) atoms. The molecule has 0 spiro atoms. The molecule has 1 aromatic rings. The van der Waals surface area contributed by atoms with E-state index in [1.54, 1.807) is 0 Å². The molecule has 0 saturated heterocycles. The summed E-state index contributed by atoms with van der Waals surface area (Å²) in [5.41, 5.74) is 5.81. The Hall–Kier alpha value is -1.56. The van der Waals surface area contributed by atoms with Crippen molar-refractivity contribution in [3.05, 3.63) is 17.0 Å². The molecule has 0 aromatic carbocycles. The van der Waals surface area contributed by atoms with E-state index in [0.29, 0.717) is 21.7 Å². The Morgan fingerprint density at radius 2 is 2.21 bits per heavy atom. The molecule has 0 saturated carbocycles. The van der Waals surface area contributed by atoms with Crippen LogP contribution in [0.1, 0.15) is 36.4 Å². The summed E-state index contributed by atoms with van der Waals surface area (Å²) in [5, 5.41) is 6.87. The average Bonchev–Trinajstić information content (AvgIpc) is 2.96. The van der Waals surface area contributed by atoms with E-state index >= 15 is 0 Å². The zero-order valence-corrected chi connectivity index (χ0v) is 12.1. The fourth-order valence-electron chi connectivity index (χ4n) is 1.85.